The Kier molecular flexibility index (Phi) is 6.15. The van der Waals surface area contributed by atoms with Crippen molar-refractivity contribution in [3.63, 3.8) is 0 Å². The van der Waals surface area contributed by atoms with E-state index in [-0.39, 0.29) is 5.75 Å². The van der Waals surface area contributed by atoms with Gasteiger partial charge in [0, 0.05) is 23.1 Å². The molecule has 0 heterocycles. The van der Waals surface area contributed by atoms with Crippen molar-refractivity contribution in [1.29, 1.82) is 0 Å². The standard InChI is InChI=1S/C16H16BrF2NO2/c1-21-14-4-2-3-12(15(14)22-16(18)19)10-20-9-11-5-7-13(17)8-6-11/h2-8,16,20H,9-10H2,1H3. The normalized spacial score (nSPS) is 10.8. The van der Waals surface area contributed by atoms with Crippen LogP contribution in [-0.4, -0.2) is 13.7 Å². The minimum Gasteiger partial charge on any atom is -0.493 e. The van der Waals surface area contributed by atoms with Gasteiger partial charge >= 0.3 is 6.61 Å². The Morgan fingerprint density at radius 1 is 1.09 bits per heavy atom. The molecule has 0 aliphatic carbocycles. The number of halogens is 3. The Hall–Kier alpha value is -1.66. The van der Waals surface area contributed by atoms with Crippen molar-refractivity contribution in [2.24, 2.45) is 0 Å². The summed E-state index contributed by atoms with van der Waals surface area (Å²) in [5, 5.41) is 3.21. The molecule has 0 saturated heterocycles. The van der Waals surface area contributed by atoms with Crippen molar-refractivity contribution in [2.45, 2.75) is 19.7 Å². The molecule has 1 N–H and O–H groups in total. The van der Waals surface area contributed by atoms with Gasteiger partial charge in [-0.25, -0.2) is 0 Å². The van der Waals surface area contributed by atoms with Crippen molar-refractivity contribution in [3.8, 4) is 11.5 Å². The molecule has 6 heteroatoms. The summed E-state index contributed by atoms with van der Waals surface area (Å²) in [6, 6.07) is 12.9. The Labute approximate surface area is 136 Å². The zero-order valence-corrected chi connectivity index (χ0v) is 13.6. The molecule has 0 bridgehead atoms. The van der Waals surface area contributed by atoms with Crippen LogP contribution in [0, 0.1) is 0 Å². The molecule has 0 fully saturated rings. The number of nitrogens with one attached hydrogen (secondary N) is 1. The average molecular weight is 372 g/mol. The lowest BCUT2D eigenvalue weighted by molar-refractivity contribution is -0.0518. The second kappa shape index (κ2) is 8.10. The van der Waals surface area contributed by atoms with Gasteiger partial charge in [0.2, 0.25) is 0 Å². The second-order valence-corrected chi connectivity index (χ2v) is 5.47. The van der Waals surface area contributed by atoms with Gasteiger partial charge < -0.3 is 14.8 Å². The van der Waals surface area contributed by atoms with Crippen LogP contribution < -0.4 is 14.8 Å². The van der Waals surface area contributed by atoms with Gasteiger partial charge in [-0.1, -0.05) is 40.2 Å². The van der Waals surface area contributed by atoms with Gasteiger partial charge in [0.1, 0.15) is 0 Å². The summed E-state index contributed by atoms with van der Waals surface area (Å²) >= 11 is 3.38. The second-order valence-electron chi connectivity index (χ2n) is 4.56. The van der Waals surface area contributed by atoms with Crippen molar-refractivity contribution >= 4 is 15.9 Å². The van der Waals surface area contributed by atoms with Crippen LogP contribution in [-0.2, 0) is 13.1 Å². The van der Waals surface area contributed by atoms with E-state index in [9.17, 15) is 8.78 Å². The van der Waals surface area contributed by atoms with Crippen LogP contribution >= 0.6 is 15.9 Å². The molecule has 0 radical (unpaired) electrons. The number of rotatable bonds is 7. The molecular formula is C16H16BrF2NO2. The first-order valence-electron chi connectivity index (χ1n) is 6.66. The SMILES string of the molecule is COc1cccc(CNCc2ccc(Br)cc2)c1OC(F)F. The first-order chi connectivity index (χ1) is 10.6. The van der Waals surface area contributed by atoms with Crippen LogP contribution in [0.2, 0.25) is 0 Å². The van der Waals surface area contributed by atoms with E-state index in [2.05, 4.69) is 26.0 Å². The number of hydrogen-bond acceptors (Lipinski definition) is 3. The molecule has 0 saturated carbocycles. The van der Waals surface area contributed by atoms with Crippen molar-refractivity contribution in [3.05, 3.63) is 58.1 Å². The van der Waals surface area contributed by atoms with Crippen molar-refractivity contribution in [1.82, 2.24) is 5.32 Å². The highest BCUT2D eigenvalue weighted by Gasteiger charge is 2.14. The van der Waals surface area contributed by atoms with Crippen LogP contribution in [0.15, 0.2) is 46.9 Å². The summed E-state index contributed by atoms with van der Waals surface area (Å²) in [6.07, 6.45) is 0. The summed E-state index contributed by atoms with van der Waals surface area (Å²) in [5.74, 6) is 0.367. The fourth-order valence-corrected chi connectivity index (χ4v) is 2.29. The van der Waals surface area contributed by atoms with E-state index in [1.807, 2.05) is 24.3 Å². The third-order valence-corrected chi connectivity index (χ3v) is 3.57. The molecule has 3 nitrogen and oxygen atoms in total. The van der Waals surface area contributed by atoms with Gasteiger partial charge in [0.25, 0.3) is 0 Å². The van der Waals surface area contributed by atoms with Crippen LogP contribution in [0.4, 0.5) is 8.78 Å². The molecule has 0 atom stereocenters. The van der Waals surface area contributed by atoms with Crippen LogP contribution in [0.25, 0.3) is 0 Å². The highest BCUT2D eigenvalue weighted by atomic mass is 79.9. The average Bonchev–Trinajstić information content (AvgIpc) is 2.50. The third-order valence-electron chi connectivity index (χ3n) is 3.05. The maximum atomic E-state index is 12.5. The van der Waals surface area contributed by atoms with Gasteiger partial charge in [-0.15, -0.1) is 0 Å². The minimum atomic E-state index is -2.89. The summed E-state index contributed by atoms with van der Waals surface area (Å²) in [6.45, 7) is -1.87. The number of benzene rings is 2. The summed E-state index contributed by atoms with van der Waals surface area (Å²) in [5.41, 5.74) is 1.72. The fraction of sp³-hybridized carbons (Fsp3) is 0.250. The molecule has 0 aliphatic heterocycles. The number of hydrogen-bond donors (Lipinski definition) is 1. The van der Waals surface area contributed by atoms with E-state index < -0.39 is 6.61 Å². The Bertz CT molecular complexity index is 606. The molecule has 0 aromatic heterocycles. The Balaban J connectivity index is 2.03. The molecule has 0 aliphatic rings. The molecule has 22 heavy (non-hydrogen) atoms. The zero-order chi connectivity index (χ0) is 15.9. The maximum absolute atomic E-state index is 12.5. The first kappa shape index (κ1) is 16.7. The lowest BCUT2D eigenvalue weighted by atomic mass is 10.1. The molecule has 0 amide bonds. The topological polar surface area (TPSA) is 30.5 Å². The summed E-state index contributed by atoms with van der Waals surface area (Å²) in [7, 11) is 1.42. The third kappa shape index (κ3) is 4.68. The molecule has 118 valence electrons. The van der Waals surface area contributed by atoms with E-state index in [1.165, 1.54) is 7.11 Å². The highest BCUT2D eigenvalue weighted by Crippen LogP contribution is 2.32. The Morgan fingerprint density at radius 3 is 2.45 bits per heavy atom. The molecule has 0 unspecified atom stereocenters. The Morgan fingerprint density at radius 2 is 1.82 bits per heavy atom. The van der Waals surface area contributed by atoms with Crippen molar-refractivity contribution < 1.29 is 18.3 Å². The smallest absolute Gasteiger partial charge is 0.387 e. The fourth-order valence-electron chi connectivity index (χ4n) is 2.03. The summed E-state index contributed by atoms with van der Waals surface area (Å²) < 4.78 is 35.7. The minimum absolute atomic E-state index is 0.0725. The quantitative estimate of drug-likeness (QED) is 0.784. The maximum Gasteiger partial charge on any atom is 0.387 e. The van der Waals surface area contributed by atoms with E-state index in [1.54, 1.807) is 18.2 Å². The zero-order valence-electron chi connectivity index (χ0n) is 12.0. The first-order valence-corrected chi connectivity index (χ1v) is 7.45. The predicted molar refractivity (Wildman–Crippen MR) is 84.3 cm³/mol. The lowest BCUT2D eigenvalue weighted by Crippen LogP contribution is -2.15. The molecule has 0 spiro atoms. The molecule has 2 aromatic rings. The van der Waals surface area contributed by atoms with Gasteiger partial charge in [0.15, 0.2) is 11.5 Å². The van der Waals surface area contributed by atoms with Gasteiger partial charge in [-0.3, -0.25) is 0 Å². The van der Waals surface area contributed by atoms with Crippen molar-refractivity contribution in [2.75, 3.05) is 7.11 Å². The van der Waals surface area contributed by atoms with Crippen LogP contribution in [0.1, 0.15) is 11.1 Å². The lowest BCUT2D eigenvalue weighted by Gasteiger charge is -2.15. The van der Waals surface area contributed by atoms with Crippen LogP contribution in [0.5, 0.6) is 11.5 Å². The number of para-hydroxylation sites is 1. The van der Waals surface area contributed by atoms with E-state index >= 15 is 0 Å². The molecule has 2 aromatic carbocycles. The molecule has 2 rings (SSSR count). The van der Waals surface area contributed by atoms with Gasteiger partial charge in [0.05, 0.1) is 7.11 Å². The number of methoxy groups -OCH3 is 1. The monoisotopic (exact) mass is 371 g/mol. The summed E-state index contributed by atoms with van der Waals surface area (Å²) in [4.78, 5) is 0. The van der Waals surface area contributed by atoms with Gasteiger partial charge in [-0.05, 0) is 23.8 Å². The predicted octanol–water partition coefficient (Wildman–Crippen LogP) is 4.35. The van der Waals surface area contributed by atoms with E-state index in [4.69, 9.17) is 4.74 Å². The largest absolute Gasteiger partial charge is 0.493 e. The van der Waals surface area contributed by atoms with Gasteiger partial charge in [-0.2, -0.15) is 8.78 Å². The number of alkyl halides is 2. The van der Waals surface area contributed by atoms with E-state index in [0.29, 0.717) is 24.4 Å². The van der Waals surface area contributed by atoms with E-state index in [0.717, 1.165) is 10.0 Å². The molecular weight excluding hydrogens is 356 g/mol. The number of ether oxygens (including phenoxy) is 2. The highest BCUT2D eigenvalue weighted by molar-refractivity contribution is 9.10. The van der Waals surface area contributed by atoms with Crippen LogP contribution in [0.3, 0.4) is 0 Å².